The van der Waals surface area contributed by atoms with Crippen molar-refractivity contribution >= 4 is 46.4 Å². The van der Waals surface area contributed by atoms with Crippen molar-refractivity contribution in [3.05, 3.63) is 54.2 Å². The van der Waals surface area contributed by atoms with E-state index in [0.717, 1.165) is 16.5 Å². The molecule has 4 atom stereocenters. The number of aromatic nitrogens is 3. The van der Waals surface area contributed by atoms with Crippen molar-refractivity contribution in [2.75, 3.05) is 12.0 Å². The Bertz CT molecular complexity index is 1290. The van der Waals surface area contributed by atoms with Crippen molar-refractivity contribution in [3.63, 3.8) is 0 Å². The largest absolute Gasteiger partial charge is 0.480 e. The fourth-order valence-electron chi connectivity index (χ4n) is 4.28. The lowest BCUT2D eigenvalue weighted by Gasteiger charge is -2.26. The molecule has 8 N–H and O–H groups in total. The van der Waals surface area contributed by atoms with E-state index in [1.54, 1.807) is 26.2 Å². The molecule has 0 aliphatic heterocycles. The number of fused-ring (bicyclic) bond motifs is 1. The monoisotopic (exact) mass is 571 g/mol. The molecule has 0 bridgehead atoms. The van der Waals surface area contributed by atoms with E-state index in [9.17, 15) is 24.3 Å². The number of aromatic amines is 2. The SMILES string of the molecule is CSCCC(NC(=O)C(Cc1c[nH]c2ccccc12)NC(=O)C(N)Cc1cnc[nH]1)C(=O)NC(C(=O)O)C(C)C. The number of carbonyl (C=O) groups excluding carboxylic acids is 3. The van der Waals surface area contributed by atoms with Crippen LogP contribution in [0.2, 0.25) is 0 Å². The lowest BCUT2D eigenvalue weighted by Crippen LogP contribution is -2.58. The van der Waals surface area contributed by atoms with Crippen LogP contribution in [0.5, 0.6) is 0 Å². The highest BCUT2D eigenvalue weighted by molar-refractivity contribution is 7.98. The van der Waals surface area contributed by atoms with E-state index in [4.69, 9.17) is 5.73 Å². The number of carboxylic acid groups (broad SMARTS) is 1. The fourth-order valence-corrected chi connectivity index (χ4v) is 4.75. The molecular weight excluding hydrogens is 534 g/mol. The first kappa shape index (κ1) is 30.7. The Balaban J connectivity index is 1.82. The van der Waals surface area contributed by atoms with Crippen LogP contribution >= 0.6 is 11.8 Å². The first-order valence-corrected chi connectivity index (χ1v) is 14.4. The molecule has 0 fully saturated rings. The molecule has 0 aliphatic rings. The minimum absolute atomic E-state index is 0.138. The minimum atomic E-state index is -1.16. The summed E-state index contributed by atoms with van der Waals surface area (Å²) < 4.78 is 0. The van der Waals surface area contributed by atoms with Crippen molar-refractivity contribution in [3.8, 4) is 0 Å². The normalized spacial score (nSPS) is 14.3. The molecule has 3 amide bonds. The molecule has 4 unspecified atom stereocenters. The van der Waals surface area contributed by atoms with Crippen LogP contribution in [0.3, 0.4) is 0 Å². The van der Waals surface area contributed by atoms with Gasteiger partial charge in [0, 0.05) is 41.8 Å². The summed E-state index contributed by atoms with van der Waals surface area (Å²) in [5, 5.41) is 18.5. The van der Waals surface area contributed by atoms with Crippen molar-refractivity contribution in [1.29, 1.82) is 0 Å². The highest BCUT2D eigenvalue weighted by Crippen LogP contribution is 2.19. The van der Waals surface area contributed by atoms with Crippen molar-refractivity contribution in [2.24, 2.45) is 11.7 Å². The lowest BCUT2D eigenvalue weighted by molar-refractivity contribution is -0.143. The van der Waals surface area contributed by atoms with Crippen LogP contribution in [0.25, 0.3) is 10.9 Å². The van der Waals surface area contributed by atoms with Gasteiger partial charge in [0.1, 0.15) is 18.1 Å². The second kappa shape index (κ2) is 14.5. The molecule has 3 rings (SSSR count). The summed E-state index contributed by atoms with van der Waals surface area (Å²) in [5.74, 6) is -2.68. The summed E-state index contributed by atoms with van der Waals surface area (Å²) in [4.78, 5) is 61.4. The number of nitrogens with one attached hydrogen (secondary N) is 5. The summed E-state index contributed by atoms with van der Waals surface area (Å²) in [6.07, 6.45) is 7.31. The van der Waals surface area contributed by atoms with Gasteiger partial charge in [-0.25, -0.2) is 9.78 Å². The average Bonchev–Trinajstić information content (AvgIpc) is 3.58. The van der Waals surface area contributed by atoms with Gasteiger partial charge in [0.25, 0.3) is 0 Å². The zero-order chi connectivity index (χ0) is 29.2. The summed E-state index contributed by atoms with van der Waals surface area (Å²) in [6, 6.07) is 3.48. The molecule has 13 heteroatoms. The van der Waals surface area contributed by atoms with Crippen molar-refractivity contribution in [2.45, 2.75) is 57.3 Å². The van der Waals surface area contributed by atoms with Crippen LogP contribution in [0.1, 0.15) is 31.5 Å². The Morgan fingerprint density at radius 1 is 1.00 bits per heavy atom. The topological polar surface area (TPSA) is 195 Å². The molecule has 0 aliphatic carbocycles. The number of carbonyl (C=O) groups is 4. The van der Waals surface area contributed by atoms with E-state index in [1.807, 2.05) is 30.5 Å². The third-order valence-electron chi connectivity index (χ3n) is 6.54. The summed E-state index contributed by atoms with van der Waals surface area (Å²) in [7, 11) is 0. The maximum Gasteiger partial charge on any atom is 0.326 e. The number of carboxylic acids is 1. The van der Waals surface area contributed by atoms with Gasteiger partial charge < -0.3 is 36.8 Å². The Labute approximate surface area is 236 Å². The molecule has 2 heterocycles. The molecule has 2 aromatic heterocycles. The predicted octanol–water partition coefficient (Wildman–Crippen LogP) is 0.952. The minimum Gasteiger partial charge on any atom is -0.480 e. The Morgan fingerprint density at radius 3 is 2.35 bits per heavy atom. The van der Waals surface area contributed by atoms with Gasteiger partial charge in [0.15, 0.2) is 0 Å². The number of amides is 3. The highest BCUT2D eigenvalue weighted by Gasteiger charge is 2.31. The number of nitrogens with zero attached hydrogens (tertiary/aromatic N) is 1. The number of aliphatic carboxylic acids is 1. The molecule has 12 nitrogen and oxygen atoms in total. The zero-order valence-corrected chi connectivity index (χ0v) is 23.6. The number of rotatable bonds is 15. The van der Waals surface area contributed by atoms with E-state index in [1.165, 1.54) is 18.1 Å². The second-order valence-corrected chi connectivity index (χ2v) is 10.9. The molecule has 0 saturated carbocycles. The number of thioether (sulfide) groups is 1. The first-order valence-electron chi connectivity index (χ1n) is 13.0. The molecule has 40 heavy (non-hydrogen) atoms. The third-order valence-corrected chi connectivity index (χ3v) is 7.18. The summed E-state index contributed by atoms with van der Waals surface area (Å²) >= 11 is 1.49. The van der Waals surface area contributed by atoms with Gasteiger partial charge in [0.2, 0.25) is 17.7 Å². The average molecular weight is 572 g/mol. The summed E-state index contributed by atoms with van der Waals surface area (Å²) in [6.45, 7) is 3.38. The molecule has 216 valence electrons. The molecule has 0 saturated heterocycles. The number of hydrogen-bond donors (Lipinski definition) is 7. The van der Waals surface area contributed by atoms with Gasteiger partial charge in [-0.15, -0.1) is 0 Å². The smallest absolute Gasteiger partial charge is 0.326 e. The number of benzene rings is 1. The molecule has 0 spiro atoms. The van der Waals surface area contributed by atoms with Crippen LogP contribution in [-0.4, -0.2) is 79.9 Å². The first-order chi connectivity index (χ1) is 19.1. The number of hydrogen-bond acceptors (Lipinski definition) is 7. The van der Waals surface area contributed by atoms with Gasteiger partial charge in [-0.1, -0.05) is 32.0 Å². The molecule has 1 aromatic carbocycles. The maximum absolute atomic E-state index is 13.6. The highest BCUT2D eigenvalue weighted by atomic mass is 32.2. The van der Waals surface area contributed by atoms with Gasteiger partial charge in [-0.3, -0.25) is 14.4 Å². The quantitative estimate of drug-likeness (QED) is 0.140. The predicted molar refractivity (Wildman–Crippen MR) is 154 cm³/mol. The van der Waals surface area contributed by atoms with Gasteiger partial charge in [0.05, 0.1) is 12.4 Å². The Morgan fingerprint density at radius 2 is 1.70 bits per heavy atom. The van der Waals surface area contributed by atoms with E-state index < -0.39 is 47.9 Å². The van der Waals surface area contributed by atoms with E-state index in [2.05, 4.69) is 30.9 Å². The van der Waals surface area contributed by atoms with Crippen LogP contribution < -0.4 is 21.7 Å². The Kier molecular flexibility index (Phi) is 11.1. The van der Waals surface area contributed by atoms with E-state index in [0.29, 0.717) is 11.4 Å². The number of nitrogens with two attached hydrogens (primary N) is 1. The van der Waals surface area contributed by atoms with Gasteiger partial charge in [-0.2, -0.15) is 11.8 Å². The standard InChI is InChI=1S/C27H37N7O5S/c1-15(2)23(27(38)39)34-25(36)21(8-9-40-3)32-26(37)22(10-16-12-30-20-7-5-4-6-18(16)20)33-24(35)19(28)11-17-13-29-14-31-17/h4-7,12-15,19,21-23,30H,8-11,28H2,1-3H3,(H,29,31)(H,32,37)(H,33,35)(H,34,36)(H,38,39). The Hall–Kier alpha value is -3.84. The van der Waals surface area contributed by atoms with Crippen molar-refractivity contribution in [1.82, 2.24) is 30.9 Å². The molecule has 0 radical (unpaired) electrons. The van der Waals surface area contributed by atoms with Gasteiger partial charge >= 0.3 is 5.97 Å². The van der Waals surface area contributed by atoms with Gasteiger partial charge in [-0.05, 0) is 36.0 Å². The number of imidazole rings is 1. The van der Waals surface area contributed by atoms with Crippen LogP contribution in [0, 0.1) is 5.92 Å². The van der Waals surface area contributed by atoms with Crippen molar-refractivity contribution < 1.29 is 24.3 Å². The zero-order valence-electron chi connectivity index (χ0n) is 22.8. The molecular formula is C27H37N7O5S. The molecule has 3 aromatic rings. The third kappa shape index (κ3) is 8.33. The fraction of sp³-hybridized carbons (Fsp3) is 0.444. The lowest BCUT2D eigenvalue weighted by atomic mass is 10.0. The van der Waals surface area contributed by atoms with E-state index in [-0.39, 0.29) is 25.2 Å². The summed E-state index contributed by atoms with van der Waals surface area (Å²) in [5.41, 5.74) is 8.48. The number of para-hydroxylation sites is 1. The van der Waals surface area contributed by atoms with Crippen LogP contribution in [0.15, 0.2) is 43.0 Å². The van der Waals surface area contributed by atoms with Crippen LogP contribution in [0.4, 0.5) is 0 Å². The van der Waals surface area contributed by atoms with E-state index >= 15 is 0 Å². The maximum atomic E-state index is 13.6. The second-order valence-electron chi connectivity index (χ2n) is 9.92. The number of H-pyrrole nitrogens is 2. The van der Waals surface area contributed by atoms with Crippen LogP contribution in [-0.2, 0) is 32.0 Å².